The molecule has 0 spiro atoms. The Balaban J connectivity index is 2.03. The van der Waals surface area contributed by atoms with Gasteiger partial charge in [0.2, 0.25) is 0 Å². The molecule has 0 fully saturated rings. The van der Waals surface area contributed by atoms with E-state index in [1.54, 1.807) is 18.2 Å². The molecule has 2 N–H and O–H groups in total. The zero-order valence-electron chi connectivity index (χ0n) is 10.5. The molecule has 0 bridgehead atoms. The van der Waals surface area contributed by atoms with Crippen LogP contribution in [0.5, 0.6) is 5.75 Å². The lowest BCUT2D eigenvalue weighted by Crippen LogP contribution is -2.07. The summed E-state index contributed by atoms with van der Waals surface area (Å²) in [6, 6.07) is 6.64. The molecule has 0 radical (unpaired) electrons. The van der Waals surface area contributed by atoms with E-state index in [1.807, 2.05) is 0 Å². The molecule has 0 unspecified atom stereocenters. The van der Waals surface area contributed by atoms with Gasteiger partial charge in [-0.15, -0.1) is 0 Å². The Labute approximate surface area is 114 Å². The predicted molar refractivity (Wildman–Crippen MR) is 69.8 cm³/mol. The number of carbonyl (C=O) groups excluding carboxylic acids is 1. The average molecular weight is 275 g/mol. The SMILES string of the molecule is Nc1cc(F)c(F)cc1C(=O)c1ccc2c(c1)CCO2. The van der Waals surface area contributed by atoms with Gasteiger partial charge in [-0.2, -0.15) is 0 Å². The lowest BCUT2D eigenvalue weighted by molar-refractivity contribution is 0.103. The number of nitrogens with two attached hydrogens (primary N) is 1. The van der Waals surface area contributed by atoms with Gasteiger partial charge in [-0.05, 0) is 29.8 Å². The van der Waals surface area contributed by atoms with Crippen LogP contribution in [-0.4, -0.2) is 12.4 Å². The number of rotatable bonds is 2. The summed E-state index contributed by atoms with van der Waals surface area (Å²) in [6.45, 7) is 0.584. The minimum atomic E-state index is -1.09. The first-order valence-corrected chi connectivity index (χ1v) is 6.11. The third kappa shape index (κ3) is 2.01. The second kappa shape index (κ2) is 4.59. The van der Waals surface area contributed by atoms with E-state index < -0.39 is 17.4 Å². The minimum absolute atomic E-state index is 0.0391. The summed E-state index contributed by atoms with van der Waals surface area (Å²) in [7, 11) is 0. The topological polar surface area (TPSA) is 52.3 Å². The van der Waals surface area contributed by atoms with Gasteiger partial charge in [0.05, 0.1) is 6.61 Å². The second-order valence-electron chi connectivity index (χ2n) is 4.60. The number of benzene rings is 2. The number of ketones is 1. The summed E-state index contributed by atoms with van der Waals surface area (Å²) in [5, 5.41) is 0. The van der Waals surface area contributed by atoms with E-state index in [9.17, 15) is 13.6 Å². The standard InChI is InChI=1S/C15H11F2NO2/c16-11-6-10(13(18)7-12(11)17)15(19)9-1-2-14-8(5-9)3-4-20-14/h1-2,5-7H,3-4,18H2. The fraction of sp³-hybridized carbons (Fsp3) is 0.133. The third-order valence-electron chi connectivity index (χ3n) is 3.29. The summed E-state index contributed by atoms with van der Waals surface area (Å²) < 4.78 is 31.6. The van der Waals surface area contributed by atoms with Crippen molar-refractivity contribution >= 4 is 11.5 Å². The van der Waals surface area contributed by atoms with E-state index in [0.29, 0.717) is 12.2 Å². The van der Waals surface area contributed by atoms with E-state index >= 15 is 0 Å². The van der Waals surface area contributed by atoms with Gasteiger partial charge in [0.1, 0.15) is 5.75 Å². The quantitative estimate of drug-likeness (QED) is 0.677. The van der Waals surface area contributed by atoms with Gasteiger partial charge in [-0.3, -0.25) is 4.79 Å². The number of anilines is 1. The highest BCUT2D eigenvalue weighted by Gasteiger charge is 2.19. The molecule has 3 rings (SSSR count). The largest absolute Gasteiger partial charge is 0.493 e. The van der Waals surface area contributed by atoms with E-state index in [2.05, 4.69) is 0 Å². The number of carbonyl (C=O) groups is 1. The van der Waals surface area contributed by atoms with Gasteiger partial charge >= 0.3 is 0 Å². The van der Waals surface area contributed by atoms with Crippen LogP contribution in [0.4, 0.5) is 14.5 Å². The van der Waals surface area contributed by atoms with Gasteiger partial charge in [-0.25, -0.2) is 8.78 Å². The smallest absolute Gasteiger partial charge is 0.195 e. The predicted octanol–water partition coefficient (Wildman–Crippen LogP) is 2.71. The Morgan fingerprint density at radius 1 is 1.15 bits per heavy atom. The summed E-state index contributed by atoms with van der Waals surface area (Å²) in [4.78, 5) is 12.3. The molecule has 20 heavy (non-hydrogen) atoms. The van der Waals surface area contributed by atoms with Crippen LogP contribution in [0.15, 0.2) is 30.3 Å². The van der Waals surface area contributed by atoms with E-state index in [0.717, 1.165) is 29.9 Å². The Bertz CT molecular complexity index is 713. The van der Waals surface area contributed by atoms with Crippen molar-refractivity contribution in [1.29, 1.82) is 0 Å². The van der Waals surface area contributed by atoms with Crippen LogP contribution in [0, 0.1) is 11.6 Å². The van der Waals surface area contributed by atoms with Crippen molar-refractivity contribution in [1.82, 2.24) is 0 Å². The van der Waals surface area contributed by atoms with Crippen molar-refractivity contribution in [3.8, 4) is 5.75 Å². The summed E-state index contributed by atoms with van der Waals surface area (Å²) in [5.74, 6) is -1.84. The fourth-order valence-corrected chi connectivity index (χ4v) is 2.24. The van der Waals surface area contributed by atoms with Crippen LogP contribution in [0.3, 0.4) is 0 Å². The van der Waals surface area contributed by atoms with E-state index in [4.69, 9.17) is 10.5 Å². The Hall–Kier alpha value is -2.43. The van der Waals surface area contributed by atoms with E-state index in [1.165, 1.54) is 0 Å². The third-order valence-corrected chi connectivity index (χ3v) is 3.29. The molecule has 1 heterocycles. The van der Waals surface area contributed by atoms with Crippen LogP contribution in [-0.2, 0) is 6.42 Å². The zero-order valence-corrected chi connectivity index (χ0v) is 10.5. The molecule has 0 aromatic heterocycles. The van der Waals surface area contributed by atoms with Gasteiger partial charge in [-0.1, -0.05) is 0 Å². The van der Waals surface area contributed by atoms with Crippen LogP contribution in [0.2, 0.25) is 0 Å². The fourth-order valence-electron chi connectivity index (χ4n) is 2.24. The van der Waals surface area contributed by atoms with Crippen LogP contribution in [0.1, 0.15) is 21.5 Å². The maximum absolute atomic E-state index is 13.3. The lowest BCUT2D eigenvalue weighted by Gasteiger charge is -2.07. The van der Waals surface area contributed by atoms with Gasteiger partial charge in [0, 0.05) is 29.3 Å². The van der Waals surface area contributed by atoms with Crippen molar-refractivity contribution in [3.63, 3.8) is 0 Å². The van der Waals surface area contributed by atoms with E-state index in [-0.39, 0.29) is 11.3 Å². The Morgan fingerprint density at radius 2 is 1.90 bits per heavy atom. The summed E-state index contributed by atoms with van der Waals surface area (Å²) in [5.41, 5.74) is 6.78. The maximum atomic E-state index is 13.3. The number of hydrogen-bond acceptors (Lipinski definition) is 3. The first-order chi connectivity index (χ1) is 9.56. The highest BCUT2D eigenvalue weighted by Crippen LogP contribution is 2.28. The minimum Gasteiger partial charge on any atom is -0.493 e. The van der Waals surface area contributed by atoms with Crippen LogP contribution in [0.25, 0.3) is 0 Å². The van der Waals surface area contributed by atoms with Crippen molar-refractivity contribution in [2.75, 3.05) is 12.3 Å². The Kier molecular flexibility index (Phi) is 2.89. The first-order valence-electron chi connectivity index (χ1n) is 6.11. The molecule has 3 nitrogen and oxygen atoms in total. The lowest BCUT2D eigenvalue weighted by atomic mass is 9.99. The molecule has 1 aliphatic rings. The van der Waals surface area contributed by atoms with Crippen molar-refractivity contribution in [2.45, 2.75) is 6.42 Å². The second-order valence-corrected chi connectivity index (χ2v) is 4.60. The normalized spacial score (nSPS) is 12.9. The van der Waals surface area contributed by atoms with Crippen molar-refractivity contribution < 1.29 is 18.3 Å². The van der Waals surface area contributed by atoms with Crippen molar-refractivity contribution in [3.05, 3.63) is 58.7 Å². The number of ether oxygens (including phenoxy) is 1. The molecule has 2 aromatic rings. The molecule has 1 aliphatic heterocycles. The monoisotopic (exact) mass is 275 g/mol. The Morgan fingerprint density at radius 3 is 2.70 bits per heavy atom. The van der Waals surface area contributed by atoms with Crippen LogP contribution < -0.4 is 10.5 Å². The number of fused-ring (bicyclic) bond motifs is 1. The number of hydrogen-bond donors (Lipinski definition) is 1. The van der Waals surface area contributed by atoms with Crippen LogP contribution >= 0.6 is 0 Å². The molecule has 0 saturated heterocycles. The maximum Gasteiger partial charge on any atom is 0.195 e. The van der Waals surface area contributed by atoms with Gasteiger partial charge in [0.25, 0.3) is 0 Å². The highest BCUT2D eigenvalue weighted by atomic mass is 19.2. The van der Waals surface area contributed by atoms with Gasteiger partial charge in [0.15, 0.2) is 17.4 Å². The summed E-state index contributed by atoms with van der Waals surface area (Å²) >= 11 is 0. The van der Waals surface area contributed by atoms with Gasteiger partial charge < -0.3 is 10.5 Å². The molecule has 0 atom stereocenters. The average Bonchev–Trinajstić information content (AvgIpc) is 2.89. The number of nitrogen functional groups attached to an aromatic ring is 1. The molecular weight excluding hydrogens is 264 g/mol. The molecule has 0 saturated carbocycles. The van der Waals surface area contributed by atoms with Crippen molar-refractivity contribution in [2.24, 2.45) is 0 Å². The molecule has 0 aliphatic carbocycles. The molecule has 5 heteroatoms. The summed E-state index contributed by atoms with van der Waals surface area (Å²) in [6.07, 6.45) is 0.726. The molecule has 2 aromatic carbocycles. The number of halogens is 2. The molecular formula is C15H11F2NO2. The highest BCUT2D eigenvalue weighted by molar-refractivity contribution is 6.12. The molecule has 102 valence electrons. The molecule has 0 amide bonds. The zero-order chi connectivity index (χ0) is 14.3. The first kappa shape index (κ1) is 12.6.